The number of hydrogen-bond donors (Lipinski definition) is 3. The van der Waals surface area contributed by atoms with E-state index in [1.165, 1.54) is 0 Å². The summed E-state index contributed by atoms with van der Waals surface area (Å²) in [6.07, 6.45) is 1.98. The van der Waals surface area contributed by atoms with E-state index in [1.807, 2.05) is 0 Å². The third-order valence-electron chi connectivity index (χ3n) is 3.69. The van der Waals surface area contributed by atoms with Crippen molar-refractivity contribution >= 4 is 56.7 Å². The Hall–Kier alpha value is -2.36. The van der Waals surface area contributed by atoms with E-state index < -0.39 is 11.8 Å². The van der Waals surface area contributed by atoms with Crippen LogP contribution in [0.15, 0.2) is 46.9 Å². The molecule has 2 aromatic carbocycles. The van der Waals surface area contributed by atoms with Crippen LogP contribution in [0.4, 0.5) is 0 Å². The van der Waals surface area contributed by atoms with Gasteiger partial charge in [0.2, 0.25) is 0 Å². The SMILES string of the molecule is CCCCOc1ccc(C(=O)NC(=S)NNC(=O)COc2ccccc2Cl)cc1Br. The lowest BCUT2D eigenvalue weighted by Gasteiger charge is -2.12. The number of halogens is 2. The Morgan fingerprint density at radius 3 is 2.57 bits per heavy atom. The van der Waals surface area contributed by atoms with Gasteiger partial charge in [0, 0.05) is 5.56 Å². The van der Waals surface area contributed by atoms with Crippen molar-refractivity contribution in [3.05, 3.63) is 57.5 Å². The Labute approximate surface area is 193 Å². The van der Waals surface area contributed by atoms with Crippen molar-refractivity contribution in [2.45, 2.75) is 19.8 Å². The monoisotopic (exact) mass is 513 g/mol. The molecule has 0 aliphatic carbocycles. The fourth-order valence-corrected chi connectivity index (χ4v) is 2.99. The zero-order valence-electron chi connectivity index (χ0n) is 16.2. The van der Waals surface area contributed by atoms with Crippen LogP contribution in [0.25, 0.3) is 0 Å². The number of carbonyl (C=O) groups excluding carboxylic acids is 2. The summed E-state index contributed by atoms with van der Waals surface area (Å²) in [4.78, 5) is 24.2. The summed E-state index contributed by atoms with van der Waals surface area (Å²) in [7, 11) is 0. The summed E-state index contributed by atoms with van der Waals surface area (Å²) in [6.45, 7) is 2.41. The van der Waals surface area contributed by atoms with Gasteiger partial charge in [-0.2, -0.15) is 0 Å². The molecule has 0 unspecified atom stereocenters. The van der Waals surface area contributed by atoms with Crippen LogP contribution in [0.2, 0.25) is 5.02 Å². The van der Waals surface area contributed by atoms with E-state index in [1.54, 1.807) is 42.5 Å². The fourth-order valence-electron chi connectivity index (χ4n) is 2.16. The number of amides is 2. The highest BCUT2D eigenvalue weighted by molar-refractivity contribution is 9.10. The standard InChI is InChI=1S/C20H21BrClN3O4S/c1-2-3-10-28-16-9-8-13(11-14(16)21)19(27)23-20(30)25-24-18(26)12-29-17-7-5-4-6-15(17)22/h4-9,11H,2-3,10,12H2,1H3,(H,24,26)(H2,23,25,27,30). The molecular formula is C20H21BrClN3O4S. The van der Waals surface area contributed by atoms with Gasteiger partial charge in [-0.05, 0) is 64.9 Å². The number of hydrogen-bond acceptors (Lipinski definition) is 5. The summed E-state index contributed by atoms with van der Waals surface area (Å²) in [5.74, 6) is 0.113. The molecule has 0 saturated heterocycles. The van der Waals surface area contributed by atoms with Gasteiger partial charge >= 0.3 is 0 Å². The summed E-state index contributed by atoms with van der Waals surface area (Å²) < 4.78 is 11.6. The minimum absolute atomic E-state index is 0.0644. The summed E-state index contributed by atoms with van der Waals surface area (Å²) in [6, 6.07) is 11.8. The molecule has 0 aliphatic rings. The topological polar surface area (TPSA) is 88.7 Å². The number of unbranched alkanes of at least 4 members (excludes halogenated alkanes) is 1. The third kappa shape index (κ3) is 7.81. The highest BCUT2D eigenvalue weighted by Gasteiger charge is 2.12. The molecule has 0 radical (unpaired) electrons. The van der Waals surface area contributed by atoms with Crippen molar-refractivity contribution in [2.24, 2.45) is 0 Å². The van der Waals surface area contributed by atoms with Crippen LogP contribution in [0.5, 0.6) is 11.5 Å². The van der Waals surface area contributed by atoms with E-state index in [0.717, 1.165) is 12.8 Å². The predicted molar refractivity (Wildman–Crippen MR) is 123 cm³/mol. The number of ether oxygens (including phenoxy) is 2. The number of para-hydroxylation sites is 1. The first-order chi connectivity index (χ1) is 14.4. The molecule has 0 fully saturated rings. The molecule has 0 aliphatic heterocycles. The first kappa shape index (κ1) is 23.9. The Balaban J connectivity index is 1.77. The van der Waals surface area contributed by atoms with E-state index >= 15 is 0 Å². The van der Waals surface area contributed by atoms with Crippen molar-refractivity contribution in [1.29, 1.82) is 0 Å². The zero-order valence-corrected chi connectivity index (χ0v) is 19.3. The van der Waals surface area contributed by atoms with E-state index in [0.29, 0.717) is 33.2 Å². The average Bonchev–Trinajstić information content (AvgIpc) is 2.73. The van der Waals surface area contributed by atoms with Crippen LogP contribution in [0.3, 0.4) is 0 Å². The minimum atomic E-state index is -0.497. The Morgan fingerprint density at radius 1 is 1.10 bits per heavy atom. The average molecular weight is 515 g/mol. The van der Waals surface area contributed by atoms with E-state index in [4.69, 9.17) is 33.3 Å². The van der Waals surface area contributed by atoms with Crippen LogP contribution >= 0.6 is 39.7 Å². The lowest BCUT2D eigenvalue weighted by Crippen LogP contribution is -2.49. The third-order valence-corrected chi connectivity index (χ3v) is 4.82. The van der Waals surface area contributed by atoms with Gasteiger partial charge < -0.3 is 9.47 Å². The zero-order chi connectivity index (χ0) is 21.9. The van der Waals surface area contributed by atoms with E-state index in [2.05, 4.69) is 39.0 Å². The molecule has 0 atom stereocenters. The summed E-state index contributed by atoms with van der Waals surface area (Å²) >= 11 is 14.4. The normalized spacial score (nSPS) is 10.1. The van der Waals surface area contributed by atoms with Crippen LogP contribution in [0, 0.1) is 0 Å². The number of nitrogens with one attached hydrogen (secondary N) is 3. The molecule has 3 N–H and O–H groups in total. The highest BCUT2D eigenvalue weighted by Crippen LogP contribution is 2.26. The predicted octanol–water partition coefficient (Wildman–Crippen LogP) is 4.00. The van der Waals surface area contributed by atoms with Crippen LogP contribution in [-0.2, 0) is 4.79 Å². The maximum Gasteiger partial charge on any atom is 0.276 e. The van der Waals surface area contributed by atoms with Gasteiger partial charge in [-0.1, -0.05) is 37.1 Å². The number of benzene rings is 2. The number of thiocarbonyl (C=S) groups is 1. The first-order valence-electron chi connectivity index (χ1n) is 9.10. The van der Waals surface area contributed by atoms with Gasteiger partial charge in [0.25, 0.3) is 11.8 Å². The molecule has 0 heterocycles. The van der Waals surface area contributed by atoms with Crippen molar-refractivity contribution in [1.82, 2.24) is 16.2 Å². The lowest BCUT2D eigenvalue weighted by atomic mass is 10.2. The van der Waals surface area contributed by atoms with Crippen LogP contribution in [-0.4, -0.2) is 30.1 Å². The molecule has 7 nitrogen and oxygen atoms in total. The molecule has 2 amide bonds. The van der Waals surface area contributed by atoms with Crippen molar-refractivity contribution in [3.8, 4) is 11.5 Å². The number of hydrazine groups is 1. The first-order valence-corrected chi connectivity index (χ1v) is 10.7. The smallest absolute Gasteiger partial charge is 0.276 e. The molecule has 0 spiro atoms. The second kappa shape index (κ2) is 12.4. The van der Waals surface area contributed by atoms with Gasteiger partial charge in [-0.25, -0.2) is 0 Å². The van der Waals surface area contributed by atoms with E-state index in [-0.39, 0.29) is 11.7 Å². The lowest BCUT2D eigenvalue weighted by molar-refractivity contribution is -0.123. The maximum absolute atomic E-state index is 12.3. The Kier molecular flexibility index (Phi) is 9.85. The van der Waals surface area contributed by atoms with Crippen molar-refractivity contribution < 1.29 is 19.1 Å². The van der Waals surface area contributed by atoms with Crippen molar-refractivity contribution in [2.75, 3.05) is 13.2 Å². The number of rotatable bonds is 8. The second-order valence-electron chi connectivity index (χ2n) is 6.02. The molecule has 160 valence electrons. The molecular weight excluding hydrogens is 494 g/mol. The van der Waals surface area contributed by atoms with Crippen LogP contribution < -0.4 is 25.6 Å². The molecule has 10 heteroatoms. The molecule has 2 rings (SSSR count). The quantitative estimate of drug-likeness (QED) is 0.280. The second-order valence-corrected chi connectivity index (χ2v) is 7.69. The minimum Gasteiger partial charge on any atom is -0.492 e. The van der Waals surface area contributed by atoms with E-state index in [9.17, 15) is 9.59 Å². The number of carbonyl (C=O) groups is 2. The fraction of sp³-hybridized carbons (Fsp3) is 0.250. The van der Waals surface area contributed by atoms with Gasteiger partial charge in [0.15, 0.2) is 11.7 Å². The Bertz CT molecular complexity index is 913. The molecule has 0 saturated carbocycles. The van der Waals surface area contributed by atoms with Gasteiger partial charge in [0.05, 0.1) is 16.1 Å². The molecule has 2 aromatic rings. The Morgan fingerprint density at radius 2 is 1.87 bits per heavy atom. The highest BCUT2D eigenvalue weighted by atomic mass is 79.9. The summed E-state index contributed by atoms with van der Waals surface area (Å²) in [5.41, 5.74) is 5.16. The van der Waals surface area contributed by atoms with Crippen molar-refractivity contribution in [3.63, 3.8) is 0 Å². The van der Waals surface area contributed by atoms with Gasteiger partial charge in [-0.3, -0.25) is 25.8 Å². The largest absolute Gasteiger partial charge is 0.492 e. The van der Waals surface area contributed by atoms with Gasteiger partial charge in [0.1, 0.15) is 11.5 Å². The van der Waals surface area contributed by atoms with Crippen LogP contribution in [0.1, 0.15) is 30.1 Å². The summed E-state index contributed by atoms with van der Waals surface area (Å²) in [5, 5.41) is 2.81. The molecule has 0 bridgehead atoms. The molecule has 0 aromatic heterocycles. The molecule has 30 heavy (non-hydrogen) atoms. The van der Waals surface area contributed by atoms with Gasteiger partial charge in [-0.15, -0.1) is 0 Å². The maximum atomic E-state index is 12.3.